The maximum absolute atomic E-state index is 3.89. The molecule has 27 heavy (non-hydrogen) atoms. The summed E-state index contributed by atoms with van der Waals surface area (Å²) in [6, 6.07) is 24.5. The molecule has 3 aliphatic carbocycles. The molecule has 6 rings (SSSR count). The van der Waals surface area contributed by atoms with Gasteiger partial charge in [0.1, 0.15) is 13.5 Å². The van der Waals surface area contributed by atoms with Crippen LogP contribution in [0.5, 0.6) is 0 Å². The van der Waals surface area contributed by atoms with Gasteiger partial charge in [0, 0.05) is 10.4 Å². The summed E-state index contributed by atoms with van der Waals surface area (Å²) in [4.78, 5) is 0. The van der Waals surface area contributed by atoms with Gasteiger partial charge in [-0.15, -0.1) is 5.54 Å². The van der Waals surface area contributed by atoms with Crippen LogP contribution in [0.15, 0.2) is 71.2 Å². The minimum absolute atomic E-state index is 0.292. The summed E-state index contributed by atoms with van der Waals surface area (Å²) in [5.41, 5.74) is 11.6. The van der Waals surface area contributed by atoms with E-state index in [0.717, 1.165) is 0 Å². The Morgan fingerprint density at radius 2 is 1.33 bits per heavy atom. The fourth-order valence-corrected chi connectivity index (χ4v) is 5.99. The van der Waals surface area contributed by atoms with E-state index in [1.165, 1.54) is 37.9 Å². The SMILES string of the molecule is C[Si](C)(C)C#CC12c3ccccc3C(c3ccccc31)c1cccc(Br)c12. The second-order valence-corrected chi connectivity index (χ2v) is 14.2. The van der Waals surface area contributed by atoms with E-state index in [9.17, 15) is 0 Å². The second kappa shape index (κ2) is 5.71. The molecule has 0 unspecified atom stereocenters. The molecular formula is C25H21BrSi. The van der Waals surface area contributed by atoms with Gasteiger partial charge in [-0.25, -0.2) is 0 Å². The smallest absolute Gasteiger partial charge is 0.129 e. The Labute approximate surface area is 170 Å². The molecule has 2 bridgehead atoms. The van der Waals surface area contributed by atoms with E-state index in [4.69, 9.17) is 0 Å². The summed E-state index contributed by atoms with van der Waals surface area (Å²) in [5, 5.41) is 0. The van der Waals surface area contributed by atoms with E-state index in [1.807, 2.05) is 0 Å². The average Bonchev–Trinajstić information content (AvgIpc) is 2.66. The number of hydrogen-bond acceptors (Lipinski definition) is 0. The molecule has 0 amide bonds. The molecule has 0 fully saturated rings. The lowest BCUT2D eigenvalue weighted by molar-refractivity contribution is 0.663. The lowest BCUT2D eigenvalue weighted by atomic mass is 9.53. The van der Waals surface area contributed by atoms with Crippen LogP contribution in [-0.2, 0) is 5.41 Å². The lowest BCUT2D eigenvalue weighted by Crippen LogP contribution is -2.42. The average molecular weight is 429 g/mol. The van der Waals surface area contributed by atoms with Crippen molar-refractivity contribution in [2.75, 3.05) is 0 Å². The zero-order valence-electron chi connectivity index (χ0n) is 15.8. The van der Waals surface area contributed by atoms with Crippen molar-refractivity contribution >= 4 is 24.0 Å². The highest BCUT2D eigenvalue weighted by molar-refractivity contribution is 9.10. The molecule has 0 radical (unpaired) electrons. The molecule has 2 heteroatoms. The topological polar surface area (TPSA) is 0 Å². The Hall–Kier alpha value is -2.08. The number of rotatable bonds is 0. The number of hydrogen-bond donors (Lipinski definition) is 0. The second-order valence-electron chi connectivity index (χ2n) is 8.56. The van der Waals surface area contributed by atoms with E-state index in [2.05, 4.69) is 114 Å². The first-order valence-electron chi connectivity index (χ1n) is 9.45. The Balaban J connectivity index is 2.00. The molecule has 3 aliphatic rings. The van der Waals surface area contributed by atoms with Crippen molar-refractivity contribution in [2.45, 2.75) is 31.0 Å². The van der Waals surface area contributed by atoms with Gasteiger partial charge in [0.25, 0.3) is 0 Å². The fourth-order valence-electron chi connectivity index (χ4n) is 4.75. The summed E-state index contributed by atoms with van der Waals surface area (Å²) < 4.78 is 1.17. The highest BCUT2D eigenvalue weighted by Gasteiger charge is 2.51. The van der Waals surface area contributed by atoms with Crippen LogP contribution in [-0.4, -0.2) is 8.07 Å². The van der Waals surface area contributed by atoms with Crippen LogP contribution in [0.1, 0.15) is 39.3 Å². The summed E-state index contributed by atoms with van der Waals surface area (Å²) in [6.07, 6.45) is 0. The minimum atomic E-state index is -1.54. The summed E-state index contributed by atoms with van der Waals surface area (Å²) in [5.74, 6) is 4.15. The highest BCUT2D eigenvalue weighted by Crippen LogP contribution is 2.60. The quantitative estimate of drug-likeness (QED) is 0.284. The van der Waals surface area contributed by atoms with E-state index in [0.29, 0.717) is 5.92 Å². The third kappa shape index (κ3) is 2.28. The van der Waals surface area contributed by atoms with Crippen molar-refractivity contribution in [3.05, 3.63) is 105 Å². The van der Waals surface area contributed by atoms with E-state index >= 15 is 0 Å². The first-order chi connectivity index (χ1) is 12.9. The van der Waals surface area contributed by atoms with Crippen LogP contribution in [0.4, 0.5) is 0 Å². The predicted molar refractivity (Wildman–Crippen MR) is 119 cm³/mol. The standard InChI is InChI=1S/C25H21BrSi/c1-27(2,3)16-15-25-20-12-6-4-9-17(20)23(18-10-5-7-13-21(18)25)19-11-8-14-22(26)24(19)25/h4-14,23H,1-3H3. The van der Waals surface area contributed by atoms with Gasteiger partial charge in [0.2, 0.25) is 0 Å². The van der Waals surface area contributed by atoms with Crippen molar-refractivity contribution in [3.8, 4) is 11.5 Å². The molecule has 0 saturated heterocycles. The van der Waals surface area contributed by atoms with Crippen LogP contribution in [0.25, 0.3) is 0 Å². The molecule has 3 aromatic rings. The third-order valence-electron chi connectivity index (χ3n) is 5.71. The zero-order chi connectivity index (χ0) is 18.8. The molecule has 0 spiro atoms. The van der Waals surface area contributed by atoms with Gasteiger partial charge in [0.05, 0.1) is 0 Å². The van der Waals surface area contributed by atoms with Gasteiger partial charge in [-0.05, 0) is 39.4 Å². The highest BCUT2D eigenvalue weighted by atomic mass is 79.9. The van der Waals surface area contributed by atoms with Gasteiger partial charge >= 0.3 is 0 Å². The molecule has 0 heterocycles. The maximum atomic E-state index is 3.89. The van der Waals surface area contributed by atoms with Gasteiger partial charge in [-0.2, -0.15) is 0 Å². The molecular weight excluding hydrogens is 408 g/mol. The lowest BCUT2D eigenvalue weighted by Gasteiger charge is -2.48. The van der Waals surface area contributed by atoms with Crippen LogP contribution < -0.4 is 0 Å². The van der Waals surface area contributed by atoms with Crippen LogP contribution in [0.3, 0.4) is 0 Å². The molecule has 0 aromatic heterocycles. The van der Waals surface area contributed by atoms with E-state index < -0.39 is 13.5 Å². The Bertz CT molecular complexity index is 1090. The monoisotopic (exact) mass is 428 g/mol. The predicted octanol–water partition coefficient (Wildman–Crippen LogP) is 6.47. The summed E-state index contributed by atoms with van der Waals surface area (Å²) in [7, 11) is -1.54. The largest absolute Gasteiger partial charge is 0.130 e. The molecule has 132 valence electrons. The van der Waals surface area contributed by atoms with E-state index in [1.54, 1.807) is 0 Å². The minimum Gasteiger partial charge on any atom is -0.130 e. The molecule has 0 nitrogen and oxygen atoms in total. The third-order valence-corrected chi connectivity index (χ3v) is 7.24. The van der Waals surface area contributed by atoms with Crippen molar-refractivity contribution in [1.82, 2.24) is 0 Å². The van der Waals surface area contributed by atoms with Crippen molar-refractivity contribution in [2.24, 2.45) is 0 Å². The van der Waals surface area contributed by atoms with Crippen molar-refractivity contribution in [3.63, 3.8) is 0 Å². The zero-order valence-corrected chi connectivity index (χ0v) is 18.4. The normalized spacial score (nSPS) is 21.6. The Kier molecular flexibility index (Phi) is 3.60. The van der Waals surface area contributed by atoms with Crippen molar-refractivity contribution in [1.29, 1.82) is 0 Å². The van der Waals surface area contributed by atoms with Crippen LogP contribution in [0, 0.1) is 11.5 Å². The molecule has 0 atom stereocenters. The van der Waals surface area contributed by atoms with Gasteiger partial charge in [0.15, 0.2) is 0 Å². The number of benzene rings is 3. The van der Waals surface area contributed by atoms with Gasteiger partial charge in [-0.1, -0.05) is 102 Å². The molecule has 0 saturated carbocycles. The molecule has 3 aromatic carbocycles. The first-order valence-corrected chi connectivity index (χ1v) is 13.7. The summed E-state index contributed by atoms with van der Waals surface area (Å²) >= 11 is 3.89. The molecule has 0 N–H and O–H groups in total. The van der Waals surface area contributed by atoms with E-state index in [-0.39, 0.29) is 0 Å². The Morgan fingerprint density at radius 1 is 0.778 bits per heavy atom. The fraction of sp³-hybridized carbons (Fsp3) is 0.200. The van der Waals surface area contributed by atoms with Gasteiger partial charge < -0.3 is 0 Å². The Morgan fingerprint density at radius 3 is 1.93 bits per heavy atom. The van der Waals surface area contributed by atoms with Gasteiger partial charge in [-0.3, -0.25) is 0 Å². The molecule has 0 aliphatic heterocycles. The number of halogens is 1. The van der Waals surface area contributed by atoms with Crippen LogP contribution in [0.2, 0.25) is 19.6 Å². The van der Waals surface area contributed by atoms with Crippen molar-refractivity contribution < 1.29 is 0 Å². The van der Waals surface area contributed by atoms with Crippen LogP contribution >= 0.6 is 15.9 Å². The first kappa shape index (κ1) is 17.0. The summed E-state index contributed by atoms with van der Waals surface area (Å²) in [6.45, 7) is 6.97. The maximum Gasteiger partial charge on any atom is 0.129 e.